The van der Waals surface area contributed by atoms with Crippen molar-refractivity contribution in [2.75, 3.05) is 12.4 Å². The first kappa shape index (κ1) is 22.8. The van der Waals surface area contributed by atoms with E-state index in [1.54, 1.807) is 19.2 Å². The Labute approximate surface area is 196 Å². The maximum absolute atomic E-state index is 12.8. The molecule has 0 spiro atoms. The number of hydrogen-bond donors (Lipinski definition) is 1. The molecule has 3 aromatic carbocycles. The van der Waals surface area contributed by atoms with Crippen molar-refractivity contribution < 1.29 is 24.0 Å². The van der Waals surface area contributed by atoms with E-state index in [0.717, 1.165) is 16.7 Å². The van der Waals surface area contributed by atoms with Gasteiger partial charge in [0, 0.05) is 18.6 Å². The Balaban J connectivity index is 1.49. The van der Waals surface area contributed by atoms with Gasteiger partial charge in [0.2, 0.25) is 6.10 Å². The predicted octanol–water partition coefficient (Wildman–Crippen LogP) is 5.14. The summed E-state index contributed by atoms with van der Waals surface area (Å²) in [6.45, 7) is 3.81. The molecule has 1 aliphatic rings. The second-order valence-electron chi connectivity index (χ2n) is 7.90. The summed E-state index contributed by atoms with van der Waals surface area (Å²) in [5.74, 6) is 1.06. The van der Waals surface area contributed by atoms with Crippen molar-refractivity contribution >= 4 is 23.0 Å². The first-order valence-corrected chi connectivity index (χ1v) is 10.5. The van der Waals surface area contributed by atoms with E-state index in [0.29, 0.717) is 17.2 Å². The number of nitrogens with zero attached hydrogens (tertiary/aromatic N) is 2. The molecular formula is C25H23N3O6. The summed E-state index contributed by atoms with van der Waals surface area (Å²) < 4.78 is 11.1. The molecule has 0 aromatic heterocycles. The van der Waals surface area contributed by atoms with Crippen LogP contribution in [0.1, 0.15) is 23.1 Å². The lowest BCUT2D eigenvalue weighted by Crippen LogP contribution is -2.28. The van der Waals surface area contributed by atoms with Crippen LogP contribution in [0, 0.1) is 24.0 Å². The van der Waals surface area contributed by atoms with Crippen LogP contribution in [-0.2, 0) is 9.63 Å². The first-order chi connectivity index (χ1) is 16.3. The van der Waals surface area contributed by atoms with Gasteiger partial charge in [-0.05, 0) is 60.9 Å². The van der Waals surface area contributed by atoms with E-state index in [1.165, 1.54) is 18.2 Å². The summed E-state index contributed by atoms with van der Waals surface area (Å²) >= 11 is 0. The van der Waals surface area contributed by atoms with Crippen molar-refractivity contribution in [3.8, 4) is 17.2 Å². The second kappa shape index (κ2) is 9.62. The number of nitro benzene ring substituents is 1. The molecule has 4 rings (SSSR count). The maximum atomic E-state index is 12.8. The fraction of sp³-hybridized carbons (Fsp3) is 0.200. The van der Waals surface area contributed by atoms with Crippen molar-refractivity contribution in [1.29, 1.82) is 0 Å². The van der Waals surface area contributed by atoms with Crippen molar-refractivity contribution in [3.63, 3.8) is 0 Å². The normalized spacial score (nSPS) is 14.7. The van der Waals surface area contributed by atoms with E-state index in [9.17, 15) is 14.9 Å². The lowest BCUT2D eigenvalue weighted by molar-refractivity contribution is -0.384. The molecule has 0 radical (unpaired) electrons. The van der Waals surface area contributed by atoms with E-state index < -0.39 is 16.9 Å². The fourth-order valence-corrected chi connectivity index (χ4v) is 3.46. The minimum atomic E-state index is -0.861. The minimum absolute atomic E-state index is 0.208. The Morgan fingerprint density at radius 3 is 2.56 bits per heavy atom. The quantitative estimate of drug-likeness (QED) is 0.385. The number of nitro groups is 1. The number of amides is 1. The molecule has 0 fully saturated rings. The fourth-order valence-electron chi connectivity index (χ4n) is 3.46. The third kappa shape index (κ3) is 5.15. The molecule has 1 N–H and O–H groups in total. The number of ether oxygens (including phenoxy) is 2. The second-order valence-corrected chi connectivity index (χ2v) is 7.90. The van der Waals surface area contributed by atoms with Crippen LogP contribution in [0.4, 0.5) is 11.4 Å². The molecule has 0 saturated heterocycles. The summed E-state index contributed by atoms with van der Waals surface area (Å²) in [5, 5.41) is 18.2. The lowest BCUT2D eigenvalue weighted by Gasteiger charge is -2.13. The van der Waals surface area contributed by atoms with Crippen LogP contribution in [0.3, 0.4) is 0 Å². The average Bonchev–Trinajstić information content (AvgIpc) is 3.32. The zero-order valence-electron chi connectivity index (χ0n) is 18.9. The summed E-state index contributed by atoms with van der Waals surface area (Å²) in [7, 11) is 1.58. The number of aryl methyl sites for hydroxylation is 2. The number of methoxy groups -OCH3 is 1. The molecule has 1 unspecified atom stereocenters. The van der Waals surface area contributed by atoms with Gasteiger partial charge in [-0.2, -0.15) is 0 Å². The Kier molecular flexibility index (Phi) is 6.44. The molecule has 1 aliphatic heterocycles. The Bertz CT molecular complexity index is 1270. The van der Waals surface area contributed by atoms with Crippen molar-refractivity contribution in [1.82, 2.24) is 0 Å². The van der Waals surface area contributed by atoms with Crippen LogP contribution < -0.4 is 14.8 Å². The molecule has 0 aliphatic carbocycles. The Morgan fingerprint density at radius 2 is 1.85 bits per heavy atom. The number of nitrogens with one attached hydrogen (secondary N) is 1. The zero-order valence-corrected chi connectivity index (χ0v) is 18.9. The van der Waals surface area contributed by atoms with Gasteiger partial charge in [0.25, 0.3) is 11.6 Å². The number of benzene rings is 3. The Morgan fingerprint density at radius 1 is 1.09 bits per heavy atom. The highest BCUT2D eigenvalue weighted by Gasteiger charge is 2.29. The number of rotatable bonds is 7. The van der Waals surface area contributed by atoms with Gasteiger partial charge in [-0.15, -0.1) is 0 Å². The third-order valence-corrected chi connectivity index (χ3v) is 5.33. The van der Waals surface area contributed by atoms with Crippen LogP contribution in [0.5, 0.6) is 17.2 Å². The topological polar surface area (TPSA) is 112 Å². The summed E-state index contributed by atoms with van der Waals surface area (Å²) in [6, 6.07) is 17.1. The van der Waals surface area contributed by atoms with Crippen molar-refractivity contribution in [2.24, 2.45) is 5.16 Å². The van der Waals surface area contributed by atoms with Gasteiger partial charge < -0.3 is 19.6 Å². The monoisotopic (exact) mass is 461 g/mol. The van der Waals surface area contributed by atoms with Gasteiger partial charge in [0.1, 0.15) is 17.2 Å². The van der Waals surface area contributed by atoms with Gasteiger partial charge in [0.15, 0.2) is 0 Å². The van der Waals surface area contributed by atoms with Crippen molar-refractivity contribution in [2.45, 2.75) is 26.4 Å². The SMILES string of the molecule is COc1ccc(C2=NOC(C(=O)Nc3cc(Oc4cc(C)ccc4C)cc([N+](=O)[O-])c3)C2)cc1. The molecule has 1 heterocycles. The predicted molar refractivity (Wildman–Crippen MR) is 127 cm³/mol. The molecular weight excluding hydrogens is 438 g/mol. The van der Waals surface area contributed by atoms with E-state index >= 15 is 0 Å². The number of non-ortho nitro benzene ring substituents is 1. The van der Waals surface area contributed by atoms with Crippen LogP contribution in [0.2, 0.25) is 0 Å². The highest BCUT2D eigenvalue weighted by molar-refractivity contribution is 6.06. The largest absolute Gasteiger partial charge is 0.497 e. The van der Waals surface area contributed by atoms with Gasteiger partial charge >= 0.3 is 0 Å². The van der Waals surface area contributed by atoms with Crippen molar-refractivity contribution in [3.05, 3.63) is 87.5 Å². The maximum Gasteiger partial charge on any atom is 0.275 e. The van der Waals surface area contributed by atoms with Crippen LogP contribution in [-0.4, -0.2) is 29.8 Å². The molecule has 1 amide bonds. The minimum Gasteiger partial charge on any atom is -0.497 e. The van der Waals surface area contributed by atoms with Gasteiger partial charge in [-0.1, -0.05) is 17.3 Å². The lowest BCUT2D eigenvalue weighted by atomic mass is 10.0. The summed E-state index contributed by atoms with van der Waals surface area (Å²) in [5.41, 5.74) is 3.33. The third-order valence-electron chi connectivity index (χ3n) is 5.33. The van der Waals surface area contributed by atoms with Gasteiger partial charge in [-0.3, -0.25) is 14.9 Å². The number of hydrogen-bond acceptors (Lipinski definition) is 7. The molecule has 0 saturated carbocycles. The number of anilines is 1. The first-order valence-electron chi connectivity index (χ1n) is 10.5. The van der Waals surface area contributed by atoms with Gasteiger partial charge in [0.05, 0.1) is 29.5 Å². The average molecular weight is 461 g/mol. The molecule has 174 valence electrons. The number of carbonyl (C=O) groups excluding carboxylic acids is 1. The van der Waals surface area contributed by atoms with E-state index in [4.69, 9.17) is 14.3 Å². The molecule has 3 aromatic rings. The molecule has 9 heteroatoms. The molecule has 0 bridgehead atoms. The van der Waals surface area contributed by atoms with E-state index in [1.807, 2.05) is 44.2 Å². The standard InChI is InChI=1S/C25H23N3O6/c1-15-4-5-16(2)23(10-15)33-21-12-18(11-19(13-21)28(30)31)26-25(29)24-14-22(27-34-24)17-6-8-20(32-3)9-7-17/h4-13,24H,14H2,1-3H3,(H,26,29). The van der Waals surface area contributed by atoms with Gasteiger partial charge in [-0.25, -0.2) is 0 Å². The molecule has 34 heavy (non-hydrogen) atoms. The number of oxime groups is 1. The zero-order chi connectivity index (χ0) is 24.2. The van der Waals surface area contributed by atoms with E-state index in [-0.39, 0.29) is 23.5 Å². The Hall–Kier alpha value is -4.40. The van der Waals surface area contributed by atoms with Crippen LogP contribution in [0.15, 0.2) is 65.8 Å². The molecule has 9 nitrogen and oxygen atoms in total. The van der Waals surface area contributed by atoms with E-state index in [2.05, 4.69) is 10.5 Å². The summed E-state index contributed by atoms with van der Waals surface area (Å²) in [4.78, 5) is 29.0. The number of carbonyl (C=O) groups is 1. The smallest absolute Gasteiger partial charge is 0.275 e. The highest BCUT2D eigenvalue weighted by Crippen LogP contribution is 2.32. The summed E-state index contributed by atoms with van der Waals surface area (Å²) in [6.07, 6.45) is -0.599. The van der Waals surface area contributed by atoms with Crippen LogP contribution in [0.25, 0.3) is 0 Å². The highest BCUT2D eigenvalue weighted by atomic mass is 16.6. The molecule has 1 atom stereocenters. The van der Waals surface area contributed by atoms with Crippen LogP contribution >= 0.6 is 0 Å².